The number of hydrogen-bond donors (Lipinski definition) is 1. The third-order valence-electron chi connectivity index (χ3n) is 3.50. The maximum absolute atomic E-state index is 11.5. The zero-order valence-electron chi connectivity index (χ0n) is 12.3. The van der Waals surface area contributed by atoms with E-state index < -0.39 is 0 Å². The van der Waals surface area contributed by atoms with Gasteiger partial charge in [-0.05, 0) is 19.4 Å². The fraction of sp³-hybridized carbons (Fsp3) is 0.571. The Morgan fingerprint density at radius 2 is 2.05 bits per heavy atom. The highest BCUT2D eigenvalue weighted by molar-refractivity contribution is 6.37. The second-order valence-electron chi connectivity index (χ2n) is 5.00. The second kappa shape index (κ2) is 7.18. The molecule has 5 nitrogen and oxygen atoms in total. The minimum atomic E-state index is 0.111. The van der Waals surface area contributed by atoms with Crippen LogP contribution in [0.25, 0.3) is 0 Å². The molecule has 0 aromatic carbocycles. The molecule has 2 rings (SSSR count). The van der Waals surface area contributed by atoms with Gasteiger partial charge in [0.2, 0.25) is 5.91 Å². The average molecular weight is 331 g/mol. The van der Waals surface area contributed by atoms with Crippen LogP contribution in [0.4, 0.5) is 11.6 Å². The summed E-state index contributed by atoms with van der Waals surface area (Å²) in [7, 11) is 0. The minimum Gasteiger partial charge on any atom is -0.369 e. The molecule has 0 unspecified atom stereocenters. The summed E-state index contributed by atoms with van der Waals surface area (Å²) < 4.78 is 0. The topological polar surface area (TPSA) is 48.5 Å². The van der Waals surface area contributed by atoms with Gasteiger partial charge in [0.25, 0.3) is 0 Å². The second-order valence-corrected chi connectivity index (χ2v) is 5.82. The first-order chi connectivity index (χ1) is 10.0. The normalized spacial score (nSPS) is 15.8. The third-order valence-corrected chi connectivity index (χ3v) is 4.06. The average Bonchev–Trinajstić information content (AvgIpc) is 2.68. The summed E-state index contributed by atoms with van der Waals surface area (Å²) in [6.45, 7) is 7.34. The van der Waals surface area contributed by atoms with E-state index in [1.54, 1.807) is 13.0 Å². The van der Waals surface area contributed by atoms with Crippen LogP contribution in [-0.2, 0) is 4.79 Å². The predicted octanol–water partition coefficient (Wildman–Crippen LogP) is 2.88. The van der Waals surface area contributed by atoms with E-state index >= 15 is 0 Å². The molecule has 0 spiro atoms. The maximum atomic E-state index is 11.5. The molecule has 1 N–H and O–H groups in total. The highest BCUT2D eigenvalue weighted by Crippen LogP contribution is 2.31. The lowest BCUT2D eigenvalue weighted by Gasteiger charge is -2.24. The van der Waals surface area contributed by atoms with Crippen LogP contribution >= 0.6 is 23.2 Å². The lowest BCUT2D eigenvalue weighted by Crippen LogP contribution is -2.34. The van der Waals surface area contributed by atoms with Gasteiger partial charge in [-0.25, -0.2) is 4.98 Å². The molecular formula is C14H20Cl2N4O. The molecule has 0 atom stereocenters. The molecule has 116 valence electrons. The molecule has 1 aliphatic heterocycles. The van der Waals surface area contributed by atoms with E-state index in [1.807, 2.05) is 11.8 Å². The SMILES string of the molecule is CCNc1nc(N2CCCN(C(C)=O)CC2)c(Cl)cc1Cl. The van der Waals surface area contributed by atoms with E-state index in [2.05, 4.69) is 15.2 Å². The van der Waals surface area contributed by atoms with Gasteiger partial charge >= 0.3 is 0 Å². The van der Waals surface area contributed by atoms with Crippen LogP contribution in [0.2, 0.25) is 10.0 Å². The molecule has 7 heteroatoms. The molecule has 0 saturated carbocycles. The monoisotopic (exact) mass is 330 g/mol. The number of halogens is 2. The molecule has 0 radical (unpaired) electrons. The van der Waals surface area contributed by atoms with Gasteiger partial charge in [-0.2, -0.15) is 0 Å². The summed E-state index contributed by atoms with van der Waals surface area (Å²) >= 11 is 12.4. The predicted molar refractivity (Wildman–Crippen MR) is 87.5 cm³/mol. The van der Waals surface area contributed by atoms with E-state index in [0.29, 0.717) is 22.4 Å². The fourth-order valence-electron chi connectivity index (χ4n) is 2.41. The quantitative estimate of drug-likeness (QED) is 0.925. The van der Waals surface area contributed by atoms with Crippen LogP contribution in [0, 0.1) is 0 Å². The van der Waals surface area contributed by atoms with Gasteiger partial charge in [-0.1, -0.05) is 23.2 Å². The zero-order chi connectivity index (χ0) is 15.4. The van der Waals surface area contributed by atoms with Gasteiger partial charge in [0.05, 0.1) is 10.0 Å². The lowest BCUT2D eigenvalue weighted by atomic mass is 10.3. The van der Waals surface area contributed by atoms with Crippen molar-refractivity contribution in [3.05, 3.63) is 16.1 Å². The Bertz CT molecular complexity index is 524. The number of nitrogens with zero attached hydrogens (tertiary/aromatic N) is 3. The van der Waals surface area contributed by atoms with Crippen molar-refractivity contribution >= 4 is 40.7 Å². The number of pyridine rings is 1. The Morgan fingerprint density at radius 3 is 2.71 bits per heavy atom. The molecule has 0 aliphatic carbocycles. The minimum absolute atomic E-state index is 0.111. The van der Waals surface area contributed by atoms with Gasteiger partial charge < -0.3 is 15.1 Å². The van der Waals surface area contributed by atoms with Gasteiger partial charge in [0, 0.05) is 39.6 Å². The summed E-state index contributed by atoms with van der Waals surface area (Å²) in [4.78, 5) is 20.0. The van der Waals surface area contributed by atoms with E-state index in [-0.39, 0.29) is 5.91 Å². The Labute approximate surface area is 135 Å². The molecule has 1 amide bonds. The summed E-state index contributed by atoms with van der Waals surface area (Å²) in [5, 5.41) is 4.19. The van der Waals surface area contributed by atoms with Crippen LogP contribution < -0.4 is 10.2 Å². The van der Waals surface area contributed by atoms with Crippen molar-refractivity contribution in [3.63, 3.8) is 0 Å². The Morgan fingerprint density at radius 1 is 1.29 bits per heavy atom. The highest BCUT2D eigenvalue weighted by Gasteiger charge is 2.20. The number of anilines is 2. The molecule has 1 saturated heterocycles. The van der Waals surface area contributed by atoms with E-state index in [0.717, 1.165) is 38.4 Å². The van der Waals surface area contributed by atoms with Crippen molar-refractivity contribution in [3.8, 4) is 0 Å². The number of nitrogens with one attached hydrogen (secondary N) is 1. The molecule has 1 fully saturated rings. The number of rotatable bonds is 3. The van der Waals surface area contributed by atoms with Gasteiger partial charge in [0.1, 0.15) is 11.6 Å². The van der Waals surface area contributed by atoms with Gasteiger partial charge in [-0.15, -0.1) is 0 Å². The van der Waals surface area contributed by atoms with Crippen LogP contribution in [0.15, 0.2) is 6.07 Å². The molecule has 1 aromatic heterocycles. The number of carbonyl (C=O) groups excluding carboxylic acids is 1. The van der Waals surface area contributed by atoms with Crippen molar-refractivity contribution in [2.75, 3.05) is 42.9 Å². The number of amides is 1. The van der Waals surface area contributed by atoms with Crippen LogP contribution in [-0.4, -0.2) is 48.5 Å². The van der Waals surface area contributed by atoms with Gasteiger partial charge in [0.15, 0.2) is 0 Å². The fourth-order valence-corrected chi connectivity index (χ4v) is 2.96. The Kier molecular flexibility index (Phi) is 5.53. The van der Waals surface area contributed by atoms with Crippen LogP contribution in [0.3, 0.4) is 0 Å². The largest absolute Gasteiger partial charge is 0.369 e. The standard InChI is InChI=1S/C14H20Cl2N4O/c1-3-17-13-11(15)9-12(16)14(18-13)20-6-4-5-19(7-8-20)10(2)21/h9H,3-8H2,1-2H3,(H,17,18). The molecule has 1 aliphatic rings. The molecule has 0 bridgehead atoms. The van der Waals surface area contributed by atoms with E-state index in [9.17, 15) is 4.79 Å². The van der Waals surface area contributed by atoms with Crippen LogP contribution in [0.5, 0.6) is 0 Å². The summed E-state index contributed by atoms with van der Waals surface area (Å²) in [5.74, 6) is 1.48. The van der Waals surface area contributed by atoms with Crippen molar-refractivity contribution in [1.82, 2.24) is 9.88 Å². The number of aromatic nitrogens is 1. The van der Waals surface area contributed by atoms with E-state index in [4.69, 9.17) is 23.2 Å². The van der Waals surface area contributed by atoms with E-state index in [1.165, 1.54) is 0 Å². The third kappa shape index (κ3) is 3.92. The highest BCUT2D eigenvalue weighted by atomic mass is 35.5. The number of hydrogen-bond acceptors (Lipinski definition) is 4. The summed E-state index contributed by atoms with van der Waals surface area (Å²) in [5.41, 5.74) is 0. The van der Waals surface area contributed by atoms with Crippen molar-refractivity contribution in [2.45, 2.75) is 20.3 Å². The summed E-state index contributed by atoms with van der Waals surface area (Å²) in [6.07, 6.45) is 0.900. The van der Waals surface area contributed by atoms with Gasteiger partial charge in [-0.3, -0.25) is 4.79 Å². The van der Waals surface area contributed by atoms with Crippen LogP contribution in [0.1, 0.15) is 20.3 Å². The first-order valence-electron chi connectivity index (χ1n) is 7.13. The zero-order valence-corrected chi connectivity index (χ0v) is 13.8. The Hall–Kier alpha value is -1.20. The van der Waals surface area contributed by atoms with Crippen molar-refractivity contribution < 1.29 is 4.79 Å². The molecule has 21 heavy (non-hydrogen) atoms. The summed E-state index contributed by atoms with van der Waals surface area (Å²) in [6, 6.07) is 1.72. The Balaban J connectivity index is 2.21. The molecular weight excluding hydrogens is 311 g/mol. The smallest absolute Gasteiger partial charge is 0.219 e. The lowest BCUT2D eigenvalue weighted by molar-refractivity contribution is -0.128. The van der Waals surface area contributed by atoms with Crippen molar-refractivity contribution in [1.29, 1.82) is 0 Å². The number of carbonyl (C=O) groups is 1. The molecule has 1 aromatic rings. The first kappa shape index (κ1) is 16.2. The molecule has 2 heterocycles. The van der Waals surface area contributed by atoms with Crippen molar-refractivity contribution in [2.24, 2.45) is 0 Å². The maximum Gasteiger partial charge on any atom is 0.219 e. The first-order valence-corrected chi connectivity index (χ1v) is 7.89.